The van der Waals surface area contributed by atoms with E-state index >= 15 is 0 Å². The Labute approximate surface area is 159 Å². The molecule has 24 heavy (non-hydrogen) atoms. The first kappa shape index (κ1) is 5.19. The van der Waals surface area contributed by atoms with E-state index < -0.39 is 84.6 Å². The van der Waals surface area contributed by atoms with Crippen molar-refractivity contribution in [2.24, 2.45) is 0 Å². The average Bonchev–Trinajstić information content (AvgIpc) is 3.24. The van der Waals surface area contributed by atoms with Crippen molar-refractivity contribution in [1.82, 2.24) is 0 Å². The Morgan fingerprint density at radius 3 is 2.17 bits per heavy atom. The molecule has 0 N–H and O–H groups in total. The summed E-state index contributed by atoms with van der Waals surface area (Å²) in [4.78, 5) is 0. The van der Waals surface area contributed by atoms with E-state index in [1.165, 1.54) is 0 Å². The zero-order valence-electron chi connectivity index (χ0n) is 26.0. The summed E-state index contributed by atoms with van der Waals surface area (Å²) >= 11 is 0. The molecule has 0 heteroatoms. The molecule has 0 spiro atoms. The molecule has 110 valence electrons. The second-order valence-electron chi connectivity index (χ2n) is 5.50. The molecule has 5 aromatic rings. The van der Waals surface area contributed by atoms with Crippen LogP contribution in [0.1, 0.15) is 19.2 Å². The highest BCUT2D eigenvalue weighted by Gasteiger charge is 2.23. The van der Waals surface area contributed by atoms with E-state index in [4.69, 9.17) is 19.2 Å². The van der Waals surface area contributed by atoms with Gasteiger partial charge in [-0.3, -0.25) is 0 Å². The van der Waals surface area contributed by atoms with Crippen molar-refractivity contribution in [2.75, 3.05) is 0 Å². The van der Waals surface area contributed by atoms with Crippen LogP contribution in [0.15, 0.2) is 84.6 Å². The molecule has 0 unspecified atom stereocenters. The molecule has 0 nitrogen and oxygen atoms in total. The Balaban J connectivity index is 2.07. The second-order valence-corrected chi connectivity index (χ2v) is 5.50. The third kappa shape index (κ3) is 1.39. The minimum absolute atomic E-state index is 0.0151. The minimum atomic E-state index is -0.615. The first-order valence-corrected chi connectivity index (χ1v) is 7.25. The molecular formula is C24H14. The first-order chi connectivity index (χ1) is 17.7. The van der Waals surface area contributed by atoms with Gasteiger partial charge in [-0.15, -0.1) is 0 Å². The van der Waals surface area contributed by atoms with Gasteiger partial charge in [0.15, 0.2) is 0 Å². The maximum absolute atomic E-state index is 9.02. The molecule has 0 radical (unpaired) electrons. The molecule has 0 fully saturated rings. The van der Waals surface area contributed by atoms with Gasteiger partial charge >= 0.3 is 0 Å². The zero-order chi connectivity index (χ0) is 27.9. The Bertz CT molecular complexity index is 2010. The molecule has 0 heterocycles. The van der Waals surface area contributed by atoms with Crippen LogP contribution in [0.4, 0.5) is 0 Å². The molecule has 0 atom stereocenters. The lowest BCUT2D eigenvalue weighted by atomic mass is 9.97. The van der Waals surface area contributed by atoms with Gasteiger partial charge < -0.3 is 0 Å². The van der Waals surface area contributed by atoms with E-state index in [2.05, 4.69) is 0 Å². The SMILES string of the molecule is [2H]c1c([2H])c([2H])c2c3c(c([2H])c([2H])c2c1[2H])-c1c([2H])c2c([2H])c([2H])c([2H])c([2H])c2c2c([2H])c([2H])c([2H])c-3c12. The van der Waals surface area contributed by atoms with Crippen molar-refractivity contribution in [3.63, 3.8) is 0 Å². The number of hydrogen-bond acceptors (Lipinski definition) is 0. The lowest BCUT2D eigenvalue weighted by Crippen LogP contribution is -1.80. The molecule has 0 amide bonds. The summed E-state index contributed by atoms with van der Waals surface area (Å²) in [5.74, 6) is 0. The summed E-state index contributed by atoms with van der Waals surface area (Å²) < 4.78 is 119. The Morgan fingerprint density at radius 2 is 1.25 bits per heavy atom. The zero-order valence-corrected chi connectivity index (χ0v) is 12.0. The highest BCUT2D eigenvalue weighted by molar-refractivity contribution is 6.26. The average molecular weight is 316 g/mol. The van der Waals surface area contributed by atoms with Crippen LogP contribution in [0.25, 0.3) is 54.6 Å². The molecule has 0 aromatic heterocycles. The summed E-state index contributed by atoms with van der Waals surface area (Å²) in [5, 5.41) is -0.966. The molecule has 0 bridgehead atoms. The van der Waals surface area contributed by atoms with E-state index in [1.54, 1.807) is 0 Å². The molecule has 5 aromatic carbocycles. The van der Waals surface area contributed by atoms with Crippen molar-refractivity contribution in [1.29, 1.82) is 0 Å². The van der Waals surface area contributed by atoms with Crippen LogP contribution in [0.2, 0.25) is 0 Å². The number of rotatable bonds is 0. The summed E-state index contributed by atoms with van der Waals surface area (Å²) in [6, 6.07) is -7.68. The fourth-order valence-electron chi connectivity index (χ4n) is 3.34. The van der Waals surface area contributed by atoms with Crippen LogP contribution >= 0.6 is 0 Å². The fourth-order valence-corrected chi connectivity index (χ4v) is 3.34. The minimum Gasteiger partial charge on any atom is -0.0616 e. The quantitative estimate of drug-likeness (QED) is 0.270. The summed E-state index contributed by atoms with van der Waals surface area (Å²) in [7, 11) is 0. The first-order valence-electron chi connectivity index (χ1n) is 14.2. The number of benzene rings is 5. The molecule has 0 aliphatic heterocycles. The van der Waals surface area contributed by atoms with Crippen molar-refractivity contribution in [2.45, 2.75) is 0 Å². The van der Waals surface area contributed by atoms with Gasteiger partial charge in [-0.05, 0) is 60.6 Å². The van der Waals surface area contributed by atoms with Gasteiger partial charge in [0, 0.05) is 0 Å². The van der Waals surface area contributed by atoms with Gasteiger partial charge in [0.25, 0.3) is 0 Å². The fraction of sp³-hybridized carbons (Fsp3) is 0. The standard InChI is InChI=1S/C24H14/c1-4-9-18-15(6-1)12-13-20-22-14-16-7-2-3-8-17(16)19-10-5-11-21(23(18)20)24(19)22/h1-14H/i1D,2D,3D,4D,5D,6D,7D,8D,9D,10D,11D,12D,13D,14D. The van der Waals surface area contributed by atoms with Gasteiger partial charge in [-0.25, -0.2) is 0 Å². The topological polar surface area (TPSA) is 0 Å². The molecule has 0 saturated heterocycles. The van der Waals surface area contributed by atoms with E-state index in [-0.39, 0.29) is 54.6 Å². The normalized spacial score (nSPS) is 20.3. The van der Waals surface area contributed by atoms with Crippen LogP contribution < -0.4 is 0 Å². The van der Waals surface area contributed by atoms with Gasteiger partial charge in [0.2, 0.25) is 0 Å². The van der Waals surface area contributed by atoms with Crippen LogP contribution in [0.3, 0.4) is 0 Å². The number of hydrogen-bond donors (Lipinski definition) is 0. The lowest BCUT2D eigenvalue weighted by molar-refractivity contribution is 1.73. The van der Waals surface area contributed by atoms with Gasteiger partial charge in [-0.1, -0.05) is 78.6 Å². The monoisotopic (exact) mass is 316 g/mol. The molecule has 1 aliphatic carbocycles. The largest absolute Gasteiger partial charge is 0.0636 e. The van der Waals surface area contributed by atoms with Crippen molar-refractivity contribution in [3.8, 4) is 22.3 Å². The Morgan fingerprint density at radius 1 is 0.500 bits per heavy atom. The third-order valence-electron chi connectivity index (χ3n) is 4.31. The van der Waals surface area contributed by atoms with Crippen molar-refractivity contribution < 1.29 is 19.2 Å². The maximum Gasteiger partial charge on any atom is 0.0636 e. The van der Waals surface area contributed by atoms with Gasteiger partial charge in [-0.2, -0.15) is 0 Å². The maximum atomic E-state index is 9.02. The summed E-state index contributed by atoms with van der Waals surface area (Å²) in [6.07, 6.45) is 0. The molecule has 0 saturated carbocycles. The van der Waals surface area contributed by atoms with Gasteiger partial charge in [0.1, 0.15) is 0 Å². The summed E-state index contributed by atoms with van der Waals surface area (Å²) in [6.45, 7) is 0. The van der Waals surface area contributed by atoms with E-state index in [0.717, 1.165) is 0 Å². The van der Waals surface area contributed by atoms with Crippen molar-refractivity contribution >= 4 is 32.3 Å². The number of fused-ring (bicyclic) bond motifs is 7. The second kappa shape index (κ2) is 4.24. The van der Waals surface area contributed by atoms with Crippen LogP contribution in [0.5, 0.6) is 0 Å². The van der Waals surface area contributed by atoms with E-state index in [0.29, 0.717) is 0 Å². The highest BCUT2D eigenvalue weighted by Crippen LogP contribution is 2.51. The van der Waals surface area contributed by atoms with Crippen LogP contribution in [0, 0.1) is 0 Å². The van der Waals surface area contributed by atoms with Crippen molar-refractivity contribution in [3.05, 3.63) is 84.6 Å². The van der Waals surface area contributed by atoms with Crippen LogP contribution in [-0.4, -0.2) is 0 Å². The Kier molecular flexibility index (Phi) is 0.917. The Hall–Kier alpha value is -3.12. The predicted octanol–water partition coefficient (Wildman–Crippen LogP) is 6.79. The smallest absolute Gasteiger partial charge is 0.0616 e. The van der Waals surface area contributed by atoms with E-state index in [1.807, 2.05) is 0 Å². The third-order valence-corrected chi connectivity index (χ3v) is 4.31. The van der Waals surface area contributed by atoms with Crippen LogP contribution in [-0.2, 0) is 0 Å². The molecule has 1 aliphatic rings. The van der Waals surface area contributed by atoms with Gasteiger partial charge in [0.05, 0.1) is 19.2 Å². The lowest BCUT2D eigenvalue weighted by Gasteiger charge is -2.07. The molecular weight excluding hydrogens is 288 g/mol. The highest BCUT2D eigenvalue weighted by atomic mass is 14.3. The predicted molar refractivity (Wildman–Crippen MR) is 103 cm³/mol. The van der Waals surface area contributed by atoms with E-state index in [9.17, 15) is 0 Å². The summed E-state index contributed by atoms with van der Waals surface area (Å²) in [5.41, 5.74) is -0.300. The molecule has 6 rings (SSSR count).